The predicted molar refractivity (Wildman–Crippen MR) is 127 cm³/mol. The van der Waals surface area contributed by atoms with Crippen molar-refractivity contribution in [2.24, 2.45) is 10.9 Å². The molecule has 1 aliphatic heterocycles. The lowest BCUT2D eigenvalue weighted by Gasteiger charge is -2.33. The molecule has 1 heterocycles. The molecule has 1 saturated heterocycles. The van der Waals surface area contributed by atoms with E-state index in [0.29, 0.717) is 6.61 Å². The van der Waals surface area contributed by atoms with Gasteiger partial charge in [0.2, 0.25) is 0 Å². The van der Waals surface area contributed by atoms with E-state index in [9.17, 15) is 4.79 Å². The van der Waals surface area contributed by atoms with Crippen LogP contribution in [0.4, 0.5) is 0 Å². The minimum Gasteiger partial charge on any atom is -0.466 e. The quantitative estimate of drug-likeness (QED) is 0.242. The zero-order valence-corrected chi connectivity index (χ0v) is 20.7. The van der Waals surface area contributed by atoms with Crippen LogP contribution in [-0.4, -0.2) is 49.6 Å². The van der Waals surface area contributed by atoms with Gasteiger partial charge in [-0.25, -0.2) is 0 Å². The molecule has 1 saturated carbocycles. The maximum atomic E-state index is 12.0. The first-order valence-electron chi connectivity index (χ1n) is 10.0. The Morgan fingerprint density at radius 3 is 2.54 bits per heavy atom. The number of nitrogens with zero attached hydrogens (tertiary/aromatic N) is 2. The van der Waals surface area contributed by atoms with E-state index in [-0.39, 0.29) is 41.3 Å². The molecule has 1 aromatic carbocycles. The van der Waals surface area contributed by atoms with E-state index in [1.54, 1.807) is 0 Å². The van der Waals surface area contributed by atoms with Gasteiger partial charge < -0.3 is 15.0 Å². The first-order chi connectivity index (χ1) is 13.1. The fraction of sp³-hybridized carbons (Fsp3) is 0.619. The summed E-state index contributed by atoms with van der Waals surface area (Å²) in [6.45, 7) is 7.76. The molecule has 2 aliphatic rings. The molecular weight excluding hydrogens is 533 g/mol. The topological polar surface area (TPSA) is 53.9 Å². The molecule has 0 atom stereocenters. The second kappa shape index (κ2) is 10.8. The van der Waals surface area contributed by atoms with Gasteiger partial charge >= 0.3 is 5.97 Å². The van der Waals surface area contributed by atoms with Gasteiger partial charge in [0.25, 0.3) is 0 Å². The lowest BCUT2D eigenvalue weighted by Crippen LogP contribution is -2.47. The van der Waals surface area contributed by atoms with Crippen molar-refractivity contribution >= 4 is 51.8 Å². The molecule has 0 unspecified atom stereocenters. The highest BCUT2D eigenvalue weighted by atomic mass is 127. The summed E-state index contributed by atoms with van der Waals surface area (Å²) < 4.78 is 6.36. The van der Waals surface area contributed by atoms with Gasteiger partial charge in [0.15, 0.2) is 5.96 Å². The Labute approximate surface area is 193 Å². The molecule has 1 aromatic rings. The van der Waals surface area contributed by atoms with E-state index >= 15 is 0 Å². The average Bonchev–Trinajstić information content (AvgIpc) is 3.47. The number of nitrogens with one attached hydrogen (secondary N) is 1. The first kappa shape index (κ1) is 23.4. The molecule has 28 heavy (non-hydrogen) atoms. The number of hydrogen-bond donors (Lipinski definition) is 1. The fourth-order valence-electron chi connectivity index (χ4n) is 3.79. The number of esters is 1. The molecule has 0 radical (unpaired) electrons. The molecule has 3 rings (SSSR count). The van der Waals surface area contributed by atoms with Gasteiger partial charge in [-0.2, -0.15) is 0 Å². The van der Waals surface area contributed by atoms with Crippen LogP contribution >= 0.6 is 39.9 Å². The van der Waals surface area contributed by atoms with Gasteiger partial charge in [0, 0.05) is 29.5 Å². The number of aliphatic imine (C=N–C) groups is 1. The van der Waals surface area contributed by atoms with Crippen LogP contribution in [0.2, 0.25) is 0 Å². The summed E-state index contributed by atoms with van der Waals surface area (Å²) in [5.41, 5.74) is 1.54. The van der Waals surface area contributed by atoms with Crippen molar-refractivity contribution in [1.29, 1.82) is 0 Å². The van der Waals surface area contributed by atoms with Gasteiger partial charge in [-0.3, -0.25) is 9.79 Å². The summed E-state index contributed by atoms with van der Waals surface area (Å²) in [4.78, 5) is 19.2. The number of ether oxygens (including phenoxy) is 1. The fourth-order valence-corrected chi connectivity index (χ4v) is 4.50. The summed E-state index contributed by atoms with van der Waals surface area (Å²) in [6.07, 6.45) is 4.03. The lowest BCUT2D eigenvalue weighted by molar-refractivity contribution is -0.149. The molecule has 5 nitrogen and oxygen atoms in total. The van der Waals surface area contributed by atoms with E-state index in [1.807, 2.05) is 6.92 Å². The maximum Gasteiger partial charge on any atom is 0.309 e. The van der Waals surface area contributed by atoms with Gasteiger partial charge in [0.05, 0.1) is 19.1 Å². The summed E-state index contributed by atoms with van der Waals surface area (Å²) in [5.74, 6) is 0.946. The second-order valence-electron chi connectivity index (χ2n) is 7.44. The Kier molecular flexibility index (Phi) is 9.05. The molecule has 0 bridgehead atoms. The largest absolute Gasteiger partial charge is 0.466 e. The van der Waals surface area contributed by atoms with E-state index in [1.165, 1.54) is 22.9 Å². The van der Waals surface area contributed by atoms with Crippen LogP contribution in [-0.2, 0) is 14.9 Å². The molecule has 0 spiro atoms. The lowest BCUT2D eigenvalue weighted by atomic mass is 9.96. The number of carbonyl (C=O) groups excluding carboxylic acids is 1. The van der Waals surface area contributed by atoms with Crippen LogP contribution in [0.1, 0.15) is 45.1 Å². The molecule has 0 aromatic heterocycles. The minimum atomic E-state index is -0.0510. The first-order valence-corrected chi connectivity index (χ1v) is 10.8. The Bertz CT molecular complexity index is 686. The van der Waals surface area contributed by atoms with Crippen molar-refractivity contribution in [3.05, 3.63) is 34.3 Å². The molecule has 1 N–H and O–H groups in total. The maximum absolute atomic E-state index is 12.0. The van der Waals surface area contributed by atoms with Crippen molar-refractivity contribution in [2.45, 2.75) is 44.9 Å². The number of halogens is 2. The van der Waals surface area contributed by atoms with Gasteiger partial charge in [0.1, 0.15) is 0 Å². The second-order valence-corrected chi connectivity index (χ2v) is 8.30. The smallest absolute Gasteiger partial charge is 0.309 e. The van der Waals surface area contributed by atoms with Crippen LogP contribution in [0, 0.1) is 5.92 Å². The zero-order chi connectivity index (χ0) is 19.3. The number of piperidine rings is 1. The SMILES string of the molecule is CCNC(=NCC1(c2ccccc2Br)CC1)N1CCC(C(=O)OCC)CC1.I. The molecule has 7 heteroatoms. The monoisotopic (exact) mass is 563 g/mol. The average molecular weight is 564 g/mol. The predicted octanol–water partition coefficient (Wildman–Crippen LogP) is 4.34. The third-order valence-electron chi connectivity index (χ3n) is 5.58. The normalized spacial score (nSPS) is 19.0. The number of benzene rings is 1. The van der Waals surface area contributed by atoms with Gasteiger partial charge in [-0.05, 0) is 51.2 Å². The Morgan fingerprint density at radius 1 is 1.29 bits per heavy atom. The Balaban J connectivity index is 0.00000280. The summed E-state index contributed by atoms with van der Waals surface area (Å²) >= 11 is 3.70. The van der Waals surface area contributed by atoms with E-state index in [2.05, 4.69) is 57.3 Å². The standard InChI is InChI=1S/C21H30BrN3O2.HI/c1-3-23-20(25-13-9-16(10-14-25)19(26)27-4-2)24-15-21(11-12-21)17-7-5-6-8-18(17)22;/h5-8,16H,3-4,9-15H2,1-2H3,(H,23,24);1H. The van der Waals surface area contributed by atoms with Crippen LogP contribution in [0.3, 0.4) is 0 Å². The minimum absolute atomic E-state index is 0. The van der Waals surface area contributed by atoms with E-state index in [0.717, 1.165) is 45.0 Å². The van der Waals surface area contributed by atoms with Crippen LogP contribution in [0.5, 0.6) is 0 Å². The Hall–Kier alpha value is -0.830. The highest BCUT2D eigenvalue weighted by molar-refractivity contribution is 14.0. The molecule has 1 aliphatic carbocycles. The van der Waals surface area contributed by atoms with Crippen molar-refractivity contribution in [2.75, 3.05) is 32.8 Å². The third-order valence-corrected chi connectivity index (χ3v) is 6.27. The molecular formula is C21H31BrIN3O2. The highest BCUT2D eigenvalue weighted by Gasteiger charge is 2.45. The van der Waals surface area contributed by atoms with Crippen molar-refractivity contribution in [1.82, 2.24) is 10.2 Å². The molecule has 156 valence electrons. The molecule has 0 amide bonds. The highest BCUT2D eigenvalue weighted by Crippen LogP contribution is 2.50. The van der Waals surface area contributed by atoms with Crippen LogP contribution in [0.25, 0.3) is 0 Å². The van der Waals surface area contributed by atoms with Gasteiger partial charge in [-0.15, -0.1) is 24.0 Å². The number of guanidine groups is 1. The summed E-state index contributed by atoms with van der Waals surface area (Å²) in [7, 11) is 0. The summed E-state index contributed by atoms with van der Waals surface area (Å²) in [5, 5.41) is 3.44. The number of rotatable bonds is 6. The van der Waals surface area contributed by atoms with Crippen LogP contribution in [0.15, 0.2) is 33.7 Å². The van der Waals surface area contributed by atoms with Crippen molar-refractivity contribution in [3.8, 4) is 0 Å². The number of likely N-dealkylation sites (tertiary alicyclic amines) is 1. The van der Waals surface area contributed by atoms with Crippen molar-refractivity contribution in [3.63, 3.8) is 0 Å². The van der Waals surface area contributed by atoms with E-state index < -0.39 is 0 Å². The Morgan fingerprint density at radius 2 is 1.96 bits per heavy atom. The van der Waals surface area contributed by atoms with Crippen molar-refractivity contribution < 1.29 is 9.53 Å². The summed E-state index contributed by atoms with van der Waals surface area (Å²) in [6, 6.07) is 8.49. The third kappa shape index (κ3) is 5.62. The molecule has 2 fully saturated rings. The van der Waals surface area contributed by atoms with E-state index in [4.69, 9.17) is 9.73 Å². The van der Waals surface area contributed by atoms with Gasteiger partial charge in [-0.1, -0.05) is 34.1 Å². The number of carbonyl (C=O) groups is 1. The number of hydrogen-bond acceptors (Lipinski definition) is 3. The zero-order valence-electron chi connectivity index (χ0n) is 16.7. The van der Waals surface area contributed by atoms with Crippen LogP contribution < -0.4 is 5.32 Å².